The molecular weight excluding hydrogens is 280 g/mol. The van der Waals surface area contributed by atoms with Gasteiger partial charge < -0.3 is 4.90 Å². The Morgan fingerprint density at radius 2 is 2.05 bits per heavy atom. The molecule has 0 aromatic carbocycles. The average Bonchev–Trinajstić information content (AvgIpc) is 3.03. The molecule has 0 spiro atoms. The summed E-state index contributed by atoms with van der Waals surface area (Å²) < 4.78 is 0. The third-order valence-corrected chi connectivity index (χ3v) is 6.20. The van der Waals surface area contributed by atoms with Gasteiger partial charge >= 0.3 is 0 Å². The quantitative estimate of drug-likeness (QED) is 0.916. The summed E-state index contributed by atoms with van der Waals surface area (Å²) >= 11 is 1.81. The molecule has 3 rings (SSSR count). The molecule has 4 heteroatoms. The fourth-order valence-corrected chi connectivity index (χ4v) is 4.56. The summed E-state index contributed by atoms with van der Waals surface area (Å²) in [6.07, 6.45) is 7.07. The predicted molar refractivity (Wildman–Crippen MR) is 87.3 cm³/mol. The van der Waals surface area contributed by atoms with Crippen LogP contribution in [0.2, 0.25) is 0 Å². The van der Waals surface area contributed by atoms with Gasteiger partial charge in [-0.15, -0.1) is 11.3 Å². The fourth-order valence-electron chi connectivity index (χ4n) is 3.63. The zero-order valence-corrected chi connectivity index (χ0v) is 14.1. The van der Waals surface area contributed by atoms with Crippen LogP contribution in [0.25, 0.3) is 0 Å². The number of hydrogen-bond donors (Lipinski definition) is 1. The second-order valence-electron chi connectivity index (χ2n) is 6.69. The molecule has 1 N–H and O–H groups in total. The maximum atomic E-state index is 13.0. The van der Waals surface area contributed by atoms with Crippen molar-refractivity contribution in [1.82, 2.24) is 10.2 Å². The number of nitrogens with zero attached hydrogens (tertiary/aromatic N) is 1. The van der Waals surface area contributed by atoms with Gasteiger partial charge in [0.25, 0.3) is 0 Å². The molecule has 2 fully saturated rings. The Balaban J connectivity index is 1.93. The largest absolute Gasteiger partial charge is 0.317 e. The van der Waals surface area contributed by atoms with Gasteiger partial charge in [0.2, 0.25) is 5.91 Å². The van der Waals surface area contributed by atoms with Crippen LogP contribution >= 0.6 is 11.3 Å². The van der Waals surface area contributed by atoms with Crippen LogP contribution in [-0.4, -0.2) is 22.4 Å². The van der Waals surface area contributed by atoms with Crippen LogP contribution < -0.4 is 5.32 Å². The predicted octanol–water partition coefficient (Wildman–Crippen LogP) is 3.99. The van der Waals surface area contributed by atoms with E-state index in [-0.39, 0.29) is 6.17 Å². The molecule has 1 amide bonds. The zero-order valence-electron chi connectivity index (χ0n) is 13.3. The second kappa shape index (κ2) is 5.73. The molecule has 0 radical (unpaired) electrons. The van der Waals surface area contributed by atoms with E-state index in [1.165, 1.54) is 29.0 Å². The molecule has 2 heterocycles. The molecule has 3 nitrogen and oxygen atoms in total. The highest BCUT2D eigenvalue weighted by Gasteiger charge is 2.49. The Bertz CT molecular complexity index is 521. The summed E-state index contributed by atoms with van der Waals surface area (Å²) in [7, 11) is 0. The molecule has 1 aromatic rings. The Labute approximate surface area is 131 Å². The first-order valence-corrected chi connectivity index (χ1v) is 9.03. The average molecular weight is 306 g/mol. The van der Waals surface area contributed by atoms with Gasteiger partial charge in [-0.3, -0.25) is 10.1 Å². The molecule has 1 aliphatic heterocycles. The standard InChI is InChI=1S/C17H26N2OS/c1-4-17(3)16(20)19(13-8-6-5-7-9-13)15(18-17)14-11-10-12(2)21-14/h10-11,13,15,18H,4-9H2,1-3H3. The highest BCUT2D eigenvalue weighted by molar-refractivity contribution is 7.12. The number of carbonyl (C=O) groups is 1. The van der Waals surface area contributed by atoms with Crippen LogP contribution in [0.3, 0.4) is 0 Å². The topological polar surface area (TPSA) is 32.3 Å². The van der Waals surface area contributed by atoms with Crippen LogP contribution in [0.1, 0.15) is 68.3 Å². The van der Waals surface area contributed by atoms with E-state index in [9.17, 15) is 4.79 Å². The van der Waals surface area contributed by atoms with Gasteiger partial charge in [-0.2, -0.15) is 0 Å². The SMILES string of the molecule is CCC1(C)NC(c2ccc(C)s2)N(C2CCCCC2)C1=O. The Hall–Kier alpha value is -0.870. The van der Waals surface area contributed by atoms with Crippen LogP contribution in [0.4, 0.5) is 0 Å². The number of hydrogen-bond acceptors (Lipinski definition) is 3. The van der Waals surface area contributed by atoms with E-state index in [1.54, 1.807) is 0 Å². The van der Waals surface area contributed by atoms with E-state index < -0.39 is 5.54 Å². The molecule has 21 heavy (non-hydrogen) atoms. The highest BCUT2D eigenvalue weighted by Crippen LogP contribution is 2.39. The van der Waals surface area contributed by atoms with Gasteiger partial charge in [-0.05, 0) is 45.2 Å². The smallest absolute Gasteiger partial charge is 0.244 e. The number of carbonyl (C=O) groups excluding carboxylic acids is 1. The fraction of sp³-hybridized carbons (Fsp3) is 0.706. The maximum absolute atomic E-state index is 13.0. The van der Waals surface area contributed by atoms with Gasteiger partial charge in [0.15, 0.2) is 0 Å². The second-order valence-corrected chi connectivity index (χ2v) is 8.00. The first-order chi connectivity index (χ1) is 10.0. The van der Waals surface area contributed by atoms with E-state index in [0.29, 0.717) is 11.9 Å². The summed E-state index contributed by atoms with van der Waals surface area (Å²) in [4.78, 5) is 17.8. The summed E-state index contributed by atoms with van der Waals surface area (Å²) in [5.41, 5.74) is -0.403. The lowest BCUT2D eigenvalue weighted by Crippen LogP contribution is -2.45. The third-order valence-electron chi connectivity index (χ3n) is 5.15. The molecule has 1 saturated carbocycles. The first-order valence-electron chi connectivity index (χ1n) is 8.22. The summed E-state index contributed by atoms with van der Waals surface area (Å²) in [6.45, 7) is 6.30. The minimum Gasteiger partial charge on any atom is -0.317 e. The van der Waals surface area contributed by atoms with Crippen LogP contribution in [-0.2, 0) is 4.79 Å². The zero-order chi connectivity index (χ0) is 15.0. The Morgan fingerprint density at radius 1 is 1.33 bits per heavy atom. The van der Waals surface area contributed by atoms with Crippen molar-refractivity contribution in [2.45, 2.75) is 77.0 Å². The Morgan fingerprint density at radius 3 is 2.62 bits per heavy atom. The summed E-state index contributed by atoms with van der Waals surface area (Å²) in [6, 6.07) is 4.76. The number of nitrogens with one attached hydrogen (secondary N) is 1. The van der Waals surface area contributed by atoms with Gasteiger partial charge in [0.1, 0.15) is 6.17 Å². The molecule has 1 aliphatic carbocycles. The van der Waals surface area contributed by atoms with Crippen molar-refractivity contribution >= 4 is 17.2 Å². The van der Waals surface area contributed by atoms with Crippen molar-refractivity contribution in [3.63, 3.8) is 0 Å². The van der Waals surface area contributed by atoms with Crippen LogP contribution in [0.15, 0.2) is 12.1 Å². The lowest BCUT2D eigenvalue weighted by molar-refractivity contribution is -0.135. The van der Waals surface area contributed by atoms with Crippen molar-refractivity contribution in [2.75, 3.05) is 0 Å². The van der Waals surface area contributed by atoms with Gasteiger partial charge in [0, 0.05) is 15.8 Å². The van der Waals surface area contributed by atoms with Gasteiger partial charge in [0.05, 0.1) is 5.54 Å². The molecule has 2 aliphatic rings. The van der Waals surface area contributed by atoms with E-state index in [0.717, 1.165) is 19.3 Å². The summed E-state index contributed by atoms with van der Waals surface area (Å²) in [5, 5.41) is 3.63. The van der Waals surface area contributed by atoms with E-state index in [4.69, 9.17) is 0 Å². The normalized spacial score (nSPS) is 31.1. The molecule has 2 unspecified atom stereocenters. The minimum absolute atomic E-state index is 0.0734. The van der Waals surface area contributed by atoms with E-state index >= 15 is 0 Å². The lowest BCUT2D eigenvalue weighted by atomic mass is 9.92. The summed E-state index contributed by atoms with van der Waals surface area (Å²) in [5.74, 6) is 0.299. The first kappa shape index (κ1) is 15.0. The van der Waals surface area contributed by atoms with Crippen LogP contribution in [0.5, 0.6) is 0 Å². The Kier molecular flexibility index (Phi) is 4.10. The number of thiophene rings is 1. The molecule has 116 valence electrons. The number of rotatable bonds is 3. The number of amides is 1. The monoisotopic (exact) mass is 306 g/mol. The number of aryl methyl sites for hydroxylation is 1. The minimum atomic E-state index is -0.403. The van der Waals surface area contributed by atoms with E-state index in [1.807, 2.05) is 11.3 Å². The molecule has 2 atom stereocenters. The van der Waals surface area contributed by atoms with Crippen LogP contribution in [0, 0.1) is 6.92 Å². The molecular formula is C17H26N2OS. The van der Waals surface area contributed by atoms with Crippen molar-refractivity contribution < 1.29 is 4.79 Å². The molecule has 0 bridgehead atoms. The van der Waals surface area contributed by atoms with Crippen molar-refractivity contribution in [3.8, 4) is 0 Å². The molecule has 1 aromatic heterocycles. The highest BCUT2D eigenvalue weighted by atomic mass is 32.1. The van der Waals surface area contributed by atoms with Crippen molar-refractivity contribution in [1.29, 1.82) is 0 Å². The lowest BCUT2D eigenvalue weighted by Gasteiger charge is -2.35. The third kappa shape index (κ3) is 2.64. The molecule has 1 saturated heterocycles. The van der Waals surface area contributed by atoms with Crippen molar-refractivity contribution in [3.05, 3.63) is 21.9 Å². The maximum Gasteiger partial charge on any atom is 0.244 e. The van der Waals surface area contributed by atoms with Gasteiger partial charge in [-0.25, -0.2) is 0 Å². The van der Waals surface area contributed by atoms with E-state index in [2.05, 4.69) is 43.1 Å². The van der Waals surface area contributed by atoms with Crippen molar-refractivity contribution in [2.24, 2.45) is 0 Å². The van der Waals surface area contributed by atoms with Gasteiger partial charge in [-0.1, -0.05) is 26.2 Å².